The van der Waals surface area contributed by atoms with Crippen molar-refractivity contribution in [2.45, 2.75) is 6.92 Å². The fourth-order valence-electron chi connectivity index (χ4n) is 2.72. The molecule has 2 N–H and O–H groups in total. The molecular weight excluding hydrogens is 430 g/mol. The number of aryl methyl sites for hydroxylation is 1. The molecule has 0 aliphatic carbocycles. The highest BCUT2D eigenvalue weighted by Gasteiger charge is 2.08. The minimum atomic E-state index is -0.380. The van der Waals surface area contributed by atoms with Gasteiger partial charge < -0.3 is 14.8 Å². The van der Waals surface area contributed by atoms with Crippen molar-refractivity contribution in [3.8, 4) is 11.5 Å². The molecule has 0 aliphatic rings. The van der Waals surface area contributed by atoms with Crippen molar-refractivity contribution in [3.63, 3.8) is 0 Å². The van der Waals surface area contributed by atoms with E-state index in [-0.39, 0.29) is 18.4 Å². The van der Waals surface area contributed by atoms with Crippen molar-refractivity contribution in [2.75, 3.05) is 19.0 Å². The smallest absolute Gasteiger partial charge is 0.271 e. The highest BCUT2D eigenvalue weighted by molar-refractivity contribution is 6.31. The summed E-state index contributed by atoms with van der Waals surface area (Å²) in [6.45, 7) is 1.68. The SMILES string of the molecule is COc1cccc(C(=O)N/N=C/c2ccccc2OCC(=O)Nc2ccc(C)c(Cl)c2)c1. The van der Waals surface area contributed by atoms with Crippen LogP contribution in [-0.2, 0) is 4.79 Å². The Balaban J connectivity index is 1.58. The number of amides is 2. The number of carbonyl (C=O) groups is 2. The Morgan fingerprint density at radius 2 is 1.88 bits per heavy atom. The van der Waals surface area contributed by atoms with E-state index >= 15 is 0 Å². The molecule has 0 heterocycles. The zero-order valence-electron chi connectivity index (χ0n) is 17.6. The number of halogens is 1. The number of ether oxygens (including phenoxy) is 2. The molecule has 8 heteroatoms. The normalized spacial score (nSPS) is 10.6. The predicted molar refractivity (Wildman–Crippen MR) is 125 cm³/mol. The second-order valence-electron chi connectivity index (χ2n) is 6.77. The Bertz CT molecular complexity index is 1150. The number of nitrogens with zero attached hydrogens (tertiary/aromatic N) is 1. The summed E-state index contributed by atoms with van der Waals surface area (Å²) < 4.78 is 10.7. The highest BCUT2D eigenvalue weighted by atomic mass is 35.5. The summed E-state index contributed by atoms with van der Waals surface area (Å²) in [6.07, 6.45) is 1.45. The number of anilines is 1. The van der Waals surface area contributed by atoms with E-state index in [0.29, 0.717) is 33.3 Å². The van der Waals surface area contributed by atoms with Crippen molar-refractivity contribution in [1.82, 2.24) is 5.43 Å². The molecule has 0 unspecified atom stereocenters. The predicted octanol–water partition coefficient (Wildman–Crippen LogP) is 4.44. The summed E-state index contributed by atoms with van der Waals surface area (Å²) in [7, 11) is 1.53. The van der Waals surface area contributed by atoms with E-state index < -0.39 is 0 Å². The molecule has 0 aliphatic heterocycles. The second kappa shape index (κ2) is 11.0. The fraction of sp³-hybridized carbons (Fsp3) is 0.125. The largest absolute Gasteiger partial charge is 0.497 e. The first-order valence-corrected chi connectivity index (χ1v) is 10.1. The van der Waals surface area contributed by atoms with E-state index in [2.05, 4.69) is 15.8 Å². The van der Waals surface area contributed by atoms with E-state index in [0.717, 1.165) is 5.56 Å². The molecule has 0 saturated heterocycles. The Morgan fingerprint density at radius 1 is 1.06 bits per heavy atom. The first-order valence-electron chi connectivity index (χ1n) is 9.71. The first kappa shape index (κ1) is 22.8. The topological polar surface area (TPSA) is 89.0 Å². The van der Waals surface area contributed by atoms with Crippen LogP contribution in [0.1, 0.15) is 21.5 Å². The number of rotatable bonds is 8. The lowest BCUT2D eigenvalue weighted by Crippen LogP contribution is -2.20. The second-order valence-corrected chi connectivity index (χ2v) is 7.18. The molecule has 3 aromatic carbocycles. The summed E-state index contributed by atoms with van der Waals surface area (Å²) in [5.74, 6) is 0.313. The van der Waals surface area contributed by atoms with Crippen molar-refractivity contribution < 1.29 is 19.1 Å². The maximum absolute atomic E-state index is 12.2. The van der Waals surface area contributed by atoms with Gasteiger partial charge in [-0.3, -0.25) is 9.59 Å². The Kier molecular flexibility index (Phi) is 7.83. The minimum Gasteiger partial charge on any atom is -0.497 e. The number of hydrazone groups is 1. The molecule has 0 saturated carbocycles. The monoisotopic (exact) mass is 451 g/mol. The van der Waals surface area contributed by atoms with Gasteiger partial charge in [0.2, 0.25) is 0 Å². The van der Waals surface area contributed by atoms with Gasteiger partial charge in [-0.25, -0.2) is 5.43 Å². The maximum Gasteiger partial charge on any atom is 0.271 e. The van der Waals surface area contributed by atoms with Crippen molar-refractivity contribution >= 4 is 35.3 Å². The van der Waals surface area contributed by atoms with Crippen LogP contribution in [0.2, 0.25) is 5.02 Å². The number of hydrogen-bond acceptors (Lipinski definition) is 5. The molecule has 164 valence electrons. The summed E-state index contributed by atoms with van der Waals surface area (Å²) in [5.41, 5.74) is 4.99. The molecule has 3 aromatic rings. The number of para-hydroxylation sites is 1. The van der Waals surface area contributed by atoms with Gasteiger partial charge in [0.15, 0.2) is 6.61 Å². The van der Waals surface area contributed by atoms with Crippen molar-refractivity contribution in [1.29, 1.82) is 0 Å². The van der Waals surface area contributed by atoms with Gasteiger partial charge in [0, 0.05) is 21.8 Å². The lowest BCUT2D eigenvalue weighted by molar-refractivity contribution is -0.118. The van der Waals surface area contributed by atoms with Crippen molar-refractivity contribution in [3.05, 3.63) is 88.4 Å². The molecule has 2 amide bonds. The van der Waals surface area contributed by atoms with Gasteiger partial charge in [-0.1, -0.05) is 35.9 Å². The van der Waals surface area contributed by atoms with Gasteiger partial charge >= 0.3 is 0 Å². The number of carbonyl (C=O) groups excluding carboxylic acids is 2. The summed E-state index contributed by atoms with van der Waals surface area (Å²) in [4.78, 5) is 24.5. The Hall–Kier alpha value is -3.84. The number of hydrogen-bond donors (Lipinski definition) is 2. The summed E-state index contributed by atoms with van der Waals surface area (Å²) >= 11 is 6.08. The van der Waals surface area contributed by atoms with Gasteiger partial charge in [0.25, 0.3) is 11.8 Å². The maximum atomic E-state index is 12.2. The molecule has 0 spiro atoms. The van der Waals surface area contributed by atoms with Gasteiger partial charge in [-0.05, 0) is 55.0 Å². The summed E-state index contributed by atoms with van der Waals surface area (Å²) in [6, 6.07) is 19.1. The number of methoxy groups -OCH3 is 1. The standard InChI is InChI=1S/C24H22ClN3O4/c1-16-10-11-19(13-21(16)25)27-23(29)15-32-22-9-4-3-6-18(22)14-26-28-24(30)17-7-5-8-20(12-17)31-2/h3-14H,15H2,1-2H3,(H,27,29)(H,28,30)/b26-14+. The van der Waals surface area contributed by atoms with Crippen molar-refractivity contribution in [2.24, 2.45) is 5.10 Å². The van der Waals surface area contributed by atoms with E-state index in [1.807, 2.05) is 13.0 Å². The van der Waals surface area contributed by atoms with E-state index in [4.69, 9.17) is 21.1 Å². The Labute approximate surface area is 191 Å². The van der Waals surface area contributed by atoms with Crippen LogP contribution in [0, 0.1) is 6.92 Å². The molecule has 0 bridgehead atoms. The van der Waals surface area contributed by atoms with Gasteiger partial charge in [0.05, 0.1) is 13.3 Å². The minimum absolute atomic E-state index is 0.202. The zero-order valence-corrected chi connectivity index (χ0v) is 18.3. The van der Waals surface area contributed by atoms with Crippen LogP contribution in [0.15, 0.2) is 71.8 Å². The third-order valence-electron chi connectivity index (χ3n) is 4.44. The zero-order chi connectivity index (χ0) is 22.9. The molecule has 0 atom stereocenters. The molecular formula is C24H22ClN3O4. The molecule has 3 rings (SSSR count). The average Bonchev–Trinajstić information content (AvgIpc) is 2.80. The molecule has 0 aromatic heterocycles. The van der Waals surface area contributed by atoms with Crippen LogP contribution < -0.4 is 20.2 Å². The summed E-state index contributed by atoms with van der Waals surface area (Å²) in [5, 5.41) is 7.29. The first-order chi connectivity index (χ1) is 15.5. The Morgan fingerprint density at radius 3 is 2.66 bits per heavy atom. The third kappa shape index (κ3) is 6.33. The van der Waals surface area contributed by atoms with Crippen LogP contribution in [0.3, 0.4) is 0 Å². The number of benzene rings is 3. The highest BCUT2D eigenvalue weighted by Crippen LogP contribution is 2.20. The van der Waals surface area contributed by atoms with E-state index in [9.17, 15) is 9.59 Å². The van der Waals surface area contributed by atoms with Crippen LogP contribution >= 0.6 is 11.6 Å². The molecule has 32 heavy (non-hydrogen) atoms. The van der Waals surface area contributed by atoms with Crippen LogP contribution in [-0.4, -0.2) is 31.7 Å². The lowest BCUT2D eigenvalue weighted by atomic mass is 10.2. The van der Waals surface area contributed by atoms with Crippen LogP contribution in [0.25, 0.3) is 0 Å². The van der Waals surface area contributed by atoms with Gasteiger partial charge in [-0.15, -0.1) is 0 Å². The quantitative estimate of drug-likeness (QED) is 0.391. The third-order valence-corrected chi connectivity index (χ3v) is 4.84. The van der Waals surface area contributed by atoms with E-state index in [1.54, 1.807) is 60.7 Å². The molecule has 7 nitrogen and oxygen atoms in total. The lowest BCUT2D eigenvalue weighted by Gasteiger charge is -2.10. The van der Waals surface area contributed by atoms with Gasteiger partial charge in [0.1, 0.15) is 11.5 Å². The van der Waals surface area contributed by atoms with E-state index in [1.165, 1.54) is 13.3 Å². The average molecular weight is 452 g/mol. The van der Waals surface area contributed by atoms with Crippen LogP contribution in [0.4, 0.5) is 5.69 Å². The molecule has 0 radical (unpaired) electrons. The van der Waals surface area contributed by atoms with Crippen LogP contribution in [0.5, 0.6) is 11.5 Å². The van der Waals surface area contributed by atoms with Gasteiger partial charge in [-0.2, -0.15) is 5.10 Å². The molecule has 0 fully saturated rings. The number of nitrogens with one attached hydrogen (secondary N) is 2. The fourth-order valence-corrected chi connectivity index (χ4v) is 2.90.